The number of carbonyl (C=O) groups excluding carboxylic acids is 1. The third-order valence-corrected chi connectivity index (χ3v) is 5.03. The third-order valence-electron chi connectivity index (χ3n) is 4.78. The Hall–Kier alpha value is -0.770. The lowest BCUT2D eigenvalue weighted by Crippen LogP contribution is -2.43. The molecule has 0 radical (unpaired) electrons. The molecule has 2 aliphatic heterocycles. The maximum Gasteiger partial charge on any atom is 0.232 e. The Labute approximate surface area is 137 Å². The monoisotopic (exact) mass is 328 g/mol. The Morgan fingerprint density at radius 2 is 1.71 bits per heavy atom. The molecular weight excluding hydrogens is 307 g/mol. The molecule has 0 spiro atoms. The van der Waals surface area contributed by atoms with Crippen LogP contribution in [0.3, 0.4) is 0 Å². The highest BCUT2D eigenvalue weighted by Gasteiger charge is 2.42. The molecule has 0 bridgehead atoms. The van der Waals surface area contributed by atoms with Crippen LogP contribution in [0.2, 0.25) is 5.02 Å². The molecule has 2 atom stereocenters. The molecule has 3 rings (SSSR count). The van der Waals surface area contributed by atoms with Gasteiger partial charge in [-0.25, -0.2) is 0 Å². The van der Waals surface area contributed by atoms with E-state index in [-0.39, 0.29) is 18.3 Å². The van der Waals surface area contributed by atoms with Crippen molar-refractivity contribution in [2.75, 3.05) is 26.2 Å². The first-order valence-electron chi connectivity index (χ1n) is 7.24. The number of nitrogens with zero attached hydrogens (tertiary/aromatic N) is 1. The lowest BCUT2D eigenvalue weighted by molar-refractivity contribution is -0.135. The molecule has 2 fully saturated rings. The van der Waals surface area contributed by atoms with Gasteiger partial charge in [-0.2, -0.15) is 0 Å². The van der Waals surface area contributed by atoms with Crippen molar-refractivity contribution < 1.29 is 4.79 Å². The van der Waals surface area contributed by atoms with Gasteiger partial charge < -0.3 is 10.2 Å². The summed E-state index contributed by atoms with van der Waals surface area (Å²) in [6, 6.07) is 7.63. The molecule has 21 heavy (non-hydrogen) atoms. The van der Waals surface area contributed by atoms with Crippen molar-refractivity contribution in [2.45, 2.75) is 19.3 Å². The second-order valence-corrected chi connectivity index (χ2v) is 6.96. The molecule has 1 aromatic carbocycles. The summed E-state index contributed by atoms with van der Waals surface area (Å²) in [6.07, 6.45) is 0. The largest absolute Gasteiger partial charge is 0.341 e. The van der Waals surface area contributed by atoms with Gasteiger partial charge in [-0.15, -0.1) is 12.4 Å². The van der Waals surface area contributed by atoms with Crippen LogP contribution in [0.1, 0.15) is 19.4 Å². The maximum atomic E-state index is 12.9. The predicted molar refractivity (Wildman–Crippen MR) is 88.2 cm³/mol. The number of nitrogens with one attached hydrogen (secondary N) is 1. The summed E-state index contributed by atoms with van der Waals surface area (Å²) in [7, 11) is 0. The molecule has 1 aromatic rings. The van der Waals surface area contributed by atoms with Crippen LogP contribution in [-0.2, 0) is 10.2 Å². The predicted octanol–water partition coefficient (Wildman–Crippen LogP) is 2.72. The second kappa shape index (κ2) is 6.15. The first-order valence-corrected chi connectivity index (χ1v) is 7.62. The zero-order chi connectivity index (χ0) is 14.3. The van der Waals surface area contributed by atoms with E-state index in [1.165, 1.54) is 0 Å². The number of hydrogen-bond donors (Lipinski definition) is 1. The maximum absolute atomic E-state index is 12.9. The van der Waals surface area contributed by atoms with E-state index in [0.29, 0.717) is 16.9 Å². The van der Waals surface area contributed by atoms with E-state index in [0.717, 1.165) is 31.7 Å². The fourth-order valence-corrected chi connectivity index (χ4v) is 3.53. The van der Waals surface area contributed by atoms with Crippen LogP contribution in [0.5, 0.6) is 0 Å². The van der Waals surface area contributed by atoms with Gasteiger partial charge in [0.05, 0.1) is 5.41 Å². The SMILES string of the molecule is CC(C)(C(=O)N1C[C@H]2CNC[C@H]2C1)c1ccc(Cl)cc1.Cl. The topological polar surface area (TPSA) is 32.3 Å². The summed E-state index contributed by atoms with van der Waals surface area (Å²) in [5.41, 5.74) is 0.540. The highest BCUT2D eigenvalue weighted by Crippen LogP contribution is 2.32. The average Bonchev–Trinajstić information content (AvgIpc) is 2.99. The molecule has 0 unspecified atom stereocenters. The average molecular weight is 329 g/mol. The van der Waals surface area contributed by atoms with Crippen molar-refractivity contribution in [1.29, 1.82) is 0 Å². The Balaban J connectivity index is 0.00000161. The van der Waals surface area contributed by atoms with E-state index in [1.807, 2.05) is 43.0 Å². The first-order chi connectivity index (χ1) is 9.48. The van der Waals surface area contributed by atoms with Crippen molar-refractivity contribution in [1.82, 2.24) is 10.2 Å². The molecule has 5 heteroatoms. The lowest BCUT2D eigenvalue weighted by atomic mass is 9.83. The van der Waals surface area contributed by atoms with Gasteiger partial charge in [0.2, 0.25) is 5.91 Å². The number of rotatable bonds is 2. The Bertz CT molecular complexity index is 504. The van der Waals surface area contributed by atoms with Gasteiger partial charge >= 0.3 is 0 Å². The molecule has 3 nitrogen and oxygen atoms in total. The van der Waals surface area contributed by atoms with E-state index >= 15 is 0 Å². The van der Waals surface area contributed by atoms with Gasteiger partial charge in [-0.05, 0) is 43.4 Å². The quantitative estimate of drug-likeness (QED) is 0.905. The minimum atomic E-state index is -0.489. The van der Waals surface area contributed by atoms with Crippen LogP contribution in [0.25, 0.3) is 0 Å². The van der Waals surface area contributed by atoms with Gasteiger partial charge in [0.1, 0.15) is 0 Å². The van der Waals surface area contributed by atoms with Crippen LogP contribution >= 0.6 is 24.0 Å². The molecule has 1 N–H and O–H groups in total. The van der Waals surface area contributed by atoms with Crippen molar-refractivity contribution in [2.24, 2.45) is 11.8 Å². The van der Waals surface area contributed by atoms with Crippen molar-refractivity contribution in [3.8, 4) is 0 Å². The van der Waals surface area contributed by atoms with E-state index in [1.54, 1.807) is 0 Å². The molecule has 2 saturated heterocycles. The second-order valence-electron chi connectivity index (χ2n) is 6.52. The summed E-state index contributed by atoms with van der Waals surface area (Å²) in [6.45, 7) is 7.91. The van der Waals surface area contributed by atoms with Crippen LogP contribution in [-0.4, -0.2) is 37.0 Å². The van der Waals surface area contributed by atoms with Crippen LogP contribution in [0.4, 0.5) is 0 Å². The number of hydrogen-bond acceptors (Lipinski definition) is 2. The van der Waals surface area contributed by atoms with Crippen LogP contribution in [0, 0.1) is 11.8 Å². The van der Waals surface area contributed by atoms with Gasteiger partial charge in [0.25, 0.3) is 0 Å². The summed E-state index contributed by atoms with van der Waals surface area (Å²) in [5.74, 6) is 1.51. The van der Waals surface area contributed by atoms with Gasteiger partial charge in [-0.3, -0.25) is 4.79 Å². The van der Waals surface area contributed by atoms with Crippen molar-refractivity contribution >= 4 is 29.9 Å². The molecule has 2 aliphatic rings. The fraction of sp³-hybridized carbons (Fsp3) is 0.562. The number of amides is 1. The molecule has 116 valence electrons. The molecule has 1 amide bonds. The Morgan fingerprint density at radius 1 is 1.19 bits per heavy atom. The smallest absolute Gasteiger partial charge is 0.232 e. The van der Waals surface area contributed by atoms with E-state index in [4.69, 9.17) is 11.6 Å². The minimum absolute atomic E-state index is 0. The van der Waals surface area contributed by atoms with Crippen molar-refractivity contribution in [3.05, 3.63) is 34.9 Å². The summed E-state index contributed by atoms with van der Waals surface area (Å²) in [4.78, 5) is 14.9. The normalized spacial score (nSPS) is 24.6. The highest BCUT2D eigenvalue weighted by atomic mass is 35.5. The van der Waals surface area contributed by atoms with Gasteiger partial charge in [0, 0.05) is 31.2 Å². The number of halogens is 2. The molecule has 2 heterocycles. The summed E-state index contributed by atoms with van der Waals surface area (Å²) < 4.78 is 0. The summed E-state index contributed by atoms with van der Waals surface area (Å²) >= 11 is 5.93. The first kappa shape index (κ1) is 16.6. The third kappa shape index (κ3) is 3.05. The Morgan fingerprint density at radius 3 is 2.24 bits per heavy atom. The Kier molecular flexibility index (Phi) is 4.86. The molecule has 0 aromatic heterocycles. The zero-order valence-corrected chi connectivity index (χ0v) is 14.0. The number of fused-ring (bicyclic) bond motifs is 1. The van der Waals surface area contributed by atoms with E-state index in [9.17, 15) is 4.79 Å². The molecular formula is C16H22Cl2N2O. The van der Waals surface area contributed by atoms with Crippen molar-refractivity contribution in [3.63, 3.8) is 0 Å². The summed E-state index contributed by atoms with van der Waals surface area (Å²) in [5, 5.41) is 4.11. The number of carbonyl (C=O) groups is 1. The van der Waals surface area contributed by atoms with Crippen LogP contribution < -0.4 is 5.32 Å². The van der Waals surface area contributed by atoms with E-state index in [2.05, 4.69) is 5.32 Å². The zero-order valence-electron chi connectivity index (χ0n) is 12.4. The lowest BCUT2D eigenvalue weighted by Gasteiger charge is -2.30. The number of benzene rings is 1. The van der Waals surface area contributed by atoms with Crippen LogP contribution in [0.15, 0.2) is 24.3 Å². The molecule has 0 saturated carbocycles. The minimum Gasteiger partial charge on any atom is -0.341 e. The number of likely N-dealkylation sites (tertiary alicyclic amines) is 1. The molecule has 0 aliphatic carbocycles. The standard InChI is InChI=1S/C16H21ClN2O.ClH/c1-16(2,13-3-5-14(17)6-4-13)15(20)19-9-11-7-18-8-12(11)10-19;/h3-6,11-12,18H,7-10H2,1-2H3;1H/t11-,12+;. The highest BCUT2D eigenvalue weighted by molar-refractivity contribution is 6.30. The van der Waals surface area contributed by atoms with Gasteiger partial charge in [0.15, 0.2) is 0 Å². The fourth-order valence-electron chi connectivity index (χ4n) is 3.41. The van der Waals surface area contributed by atoms with E-state index < -0.39 is 5.41 Å². The van der Waals surface area contributed by atoms with Gasteiger partial charge in [-0.1, -0.05) is 23.7 Å².